The van der Waals surface area contributed by atoms with Crippen molar-refractivity contribution in [2.24, 2.45) is 16.8 Å². The van der Waals surface area contributed by atoms with Crippen molar-refractivity contribution < 1.29 is 5.11 Å². The Balaban J connectivity index is 0.00000625. The number of hydrogen-bond acceptors (Lipinski definition) is 3. The highest BCUT2D eigenvalue weighted by Crippen LogP contribution is 2.17. The molecule has 1 rings (SSSR count). The van der Waals surface area contributed by atoms with Gasteiger partial charge >= 0.3 is 0 Å². The Morgan fingerprint density at radius 3 is 2.35 bits per heavy atom. The molecule has 0 bridgehead atoms. The van der Waals surface area contributed by atoms with Crippen LogP contribution in [-0.2, 0) is 0 Å². The number of aliphatic hydroxyl groups is 1. The minimum atomic E-state index is 0. The smallest absolute Gasteiger partial charge is 0.191 e. The summed E-state index contributed by atoms with van der Waals surface area (Å²) >= 11 is 0. The van der Waals surface area contributed by atoms with Gasteiger partial charge < -0.3 is 15.7 Å². The number of aliphatic imine (C=N–C) groups is 1. The van der Waals surface area contributed by atoms with Crippen LogP contribution in [0.25, 0.3) is 0 Å². The van der Waals surface area contributed by atoms with Gasteiger partial charge in [-0.1, -0.05) is 27.2 Å². The Kier molecular flexibility index (Phi) is 15.9. The molecule has 1 saturated heterocycles. The van der Waals surface area contributed by atoms with Gasteiger partial charge in [0, 0.05) is 32.3 Å². The van der Waals surface area contributed by atoms with Gasteiger partial charge in [-0.2, -0.15) is 0 Å². The van der Waals surface area contributed by atoms with Crippen LogP contribution in [0.3, 0.4) is 0 Å². The first-order chi connectivity index (χ1) is 12.1. The zero-order chi connectivity index (χ0) is 18.5. The Bertz CT molecular complexity index is 354. The maximum absolute atomic E-state index is 9.23. The molecule has 2 unspecified atom stereocenters. The van der Waals surface area contributed by atoms with Crippen molar-refractivity contribution in [1.82, 2.24) is 15.5 Å². The van der Waals surface area contributed by atoms with Crippen LogP contribution in [0.1, 0.15) is 66.2 Å². The van der Waals surface area contributed by atoms with E-state index in [1.807, 2.05) is 0 Å². The lowest BCUT2D eigenvalue weighted by molar-refractivity contribution is 0.212. The number of nitrogens with one attached hydrogen (secondary N) is 2. The molecule has 0 saturated carbocycles. The molecule has 0 spiro atoms. The molecule has 6 heteroatoms. The summed E-state index contributed by atoms with van der Waals surface area (Å²) in [5, 5.41) is 16.2. The van der Waals surface area contributed by atoms with E-state index in [2.05, 4.69) is 43.2 Å². The van der Waals surface area contributed by atoms with E-state index in [0.717, 1.165) is 44.9 Å². The summed E-state index contributed by atoms with van der Waals surface area (Å²) in [6.45, 7) is 14.3. The number of hydrogen-bond donors (Lipinski definition) is 3. The summed E-state index contributed by atoms with van der Waals surface area (Å²) in [6, 6.07) is 0.593. The quantitative estimate of drug-likeness (QED) is 0.227. The molecule has 1 aliphatic heterocycles. The molecular formula is C20H43IN4O. The molecule has 1 aliphatic rings. The third kappa shape index (κ3) is 10.9. The molecule has 5 nitrogen and oxygen atoms in total. The summed E-state index contributed by atoms with van der Waals surface area (Å²) in [6.07, 6.45) is 7.03. The normalized spacial score (nSPS) is 17.8. The van der Waals surface area contributed by atoms with Crippen LogP contribution in [0.15, 0.2) is 4.99 Å². The molecule has 2 atom stereocenters. The zero-order valence-corrected chi connectivity index (χ0v) is 19.8. The molecule has 0 aliphatic carbocycles. The van der Waals surface area contributed by atoms with Crippen molar-refractivity contribution in [1.29, 1.82) is 0 Å². The van der Waals surface area contributed by atoms with Crippen molar-refractivity contribution in [2.45, 2.75) is 72.3 Å². The topological polar surface area (TPSA) is 59.9 Å². The SMILES string of the molecule is CCCC(CCO)CN=C(NCC)NCC(CC(C)C)N1CCCC1.I. The second-order valence-electron chi connectivity index (χ2n) is 7.79. The van der Waals surface area contributed by atoms with Gasteiger partial charge in [-0.15, -0.1) is 24.0 Å². The summed E-state index contributed by atoms with van der Waals surface area (Å²) in [4.78, 5) is 7.43. The van der Waals surface area contributed by atoms with Gasteiger partial charge in [0.1, 0.15) is 0 Å². The van der Waals surface area contributed by atoms with Gasteiger partial charge in [-0.25, -0.2) is 0 Å². The van der Waals surface area contributed by atoms with Crippen molar-refractivity contribution in [3.8, 4) is 0 Å². The standard InChI is InChI=1S/C20H42N4O.HI/c1-5-9-18(10-13-25)15-22-20(21-6-2)23-16-19(14-17(3)4)24-11-7-8-12-24;/h17-19,25H,5-16H2,1-4H3,(H2,21,22,23);1H. The number of nitrogens with zero attached hydrogens (tertiary/aromatic N) is 2. The number of halogens is 1. The van der Waals surface area contributed by atoms with Gasteiger partial charge in [-0.05, 0) is 64.0 Å². The van der Waals surface area contributed by atoms with E-state index in [9.17, 15) is 5.11 Å². The van der Waals surface area contributed by atoms with Gasteiger partial charge in [0.15, 0.2) is 5.96 Å². The second kappa shape index (κ2) is 15.9. The number of guanidine groups is 1. The summed E-state index contributed by atoms with van der Waals surface area (Å²) in [7, 11) is 0. The van der Waals surface area contributed by atoms with Crippen molar-refractivity contribution in [2.75, 3.05) is 39.3 Å². The molecule has 26 heavy (non-hydrogen) atoms. The molecule has 3 N–H and O–H groups in total. The van der Waals surface area contributed by atoms with Gasteiger partial charge in [-0.3, -0.25) is 9.89 Å². The molecule has 0 radical (unpaired) electrons. The van der Waals surface area contributed by atoms with Crippen molar-refractivity contribution in [3.63, 3.8) is 0 Å². The van der Waals surface area contributed by atoms with Crippen LogP contribution < -0.4 is 10.6 Å². The Morgan fingerprint density at radius 2 is 1.81 bits per heavy atom. The van der Waals surface area contributed by atoms with Crippen molar-refractivity contribution in [3.05, 3.63) is 0 Å². The Hall–Kier alpha value is -0.0800. The predicted octanol–water partition coefficient (Wildman–Crippen LogP) is 3.47. The van der Waals surface area contributed by atoms with Crippen LogP contribution >= 0.6 is 24.0 Å². The van der Waals surface area contributed by atoms with Gasteiger partial charge in [0.2, 0.25) is 0 Å². The monoisotopic (exact) mass is 482 g/mol. The Labute approximate surface area is 178 Å². The highest BCUT2D eigenvalue weighted by atomic mass is 127. The average Bonchev–Trinajstić information content (AvgIpc) is 3.10. The van der Waals surface area contributed by atoms with Crippen molar-refractivity contribution >= 4 is 29.9 Å². The van der Waals surface area contributed by atoms with E-state index in [-0.39, 0.29) is 30.6 Å². The van der Waals surface area contributed by atoms with Gasteiger partial charge in [0.25, 0.3) is 0 Å². The molecule has 0 aromatic carbocycles. The maximum Gasteiger partial charge on any atom is 0.191 e. The van der Waals surface area contributed by atoms with Gasteiger partial charge in [0.05, 0.1) is 0 Å². The second-order valence-corrected chi connectivity index (χ2v) is 7.79. The fraction of sp³-hybridized carbons (Fsp3) is 0.950. The maximum atomic E-state index is 9.23. The van der Waals surface area contributed by atoms with Crippen LogP contribution in [0.5, 0.6) is 0 Å². The molecular weight excluding hydrogens is 439 g/mol. The predicted molar refractivity (Wildman–Crippen MR) is 124 cm³/mol. The first-order valence-electron chi connectivity index (χ1n) is 10.5. The largest absolute Gasteiger partial charge is 0.396 e. The minimum Gasteiger partial charge on any atom is -0.396 e. The molecule has 0 aromatic rings. The third-order valence-electron chi connectivity index (χ3n) is 4.99. The fourth-order valence-corrected chi connectivity index (χ4v) is 3.71. The Morgan fingerprint density at radius 1 is 1.12 bits per heavy atom. The third-order valence-corrected chi connectivity index (χ3v) is 4.99. The zero-order valence-electron chi connectivity index (χ0n) is 17.5. The lowest BCUT2D eigenvalue weighted by Crippen LogP contribution is -2.47. The summed E-state index contributed by atoms with van der Waals surface area (Å²) < 4.78 is 0. The number of aliphatic hydroxyl groups excluding tert-OH is 1. The lowest BCUT2D eigenvalue weighted by Gasteiger charge is -2.30. The average molecular weight is 482 g/mol. The molecule has 0 aromatic heterocycles. The molecule has 0 amide bonds. The molecule has 1 fully saturated rings. The van der Waals surface area contributed by atoms with Crippen LogP contribution in [0, 0.1) is 11.8 Å². The summed E-state index contributed by atoms with van der Waals surface area (Å²) in [5.74, 6) is 2.12. The van der Waals surface area contributed by atoms with Crippen LogP contribution in [0.4, 0.5) is 0 Å². The highest BCUT2D eigenvalue weighted by Gasteiger charge is 2.22. The number of rotatable bonds is 12. The van der Waals surface area contributed by atoms with E-state index in [1.165, 1.54) is 32.4 Å². The van der Waals surface area contributed by atoms with E-state index in [4.69, 9.17) is 4.99 Å². The first kappa shape index (κ1) is 25.9. The first-order valence-corrected chi connectivity index (χ1v) is 10.5. The highest BCUT2D eigenvalue weighted by molar-refractivity contribution is 14.0. The number of likely N-dealkylation sites (tertiary alicyclic amines) is 1. The van der Waals surface area contributed by atoms with Crippen LogP contribution in [0.2, 0.25) is 0 Å². The molecule has 156 valence electrons. The molecule has 1 heterocycles. The van der Waals surface area contributed by atoms with E-state index in [1.54, 1.807) is 0 Å². The summed E-state index contributed by atoms with van der Waals surface area (Å²) in [5.41, 5.74) is 0. The van der Waals surface area contributed by atoms with E-state index < -0.39 is 0 Å². The van der Waals surface area contributed by atoms with E-state index >= 15 is 0 Å². The minimum absolute atomic E-state index is 0. The fourth-order valence-electron chi connectivity index (χ4n) is 3.71. The lowest BCUT2D eigenvalue weighted by atomic mass is 10.0. The van der Waals surface area contributed by atoms with Crippen LogP contribution in [-0.4, -0.2) is 61.3 Å². The van der Waals surface area contributed by atoms with E-state index in [0.29, 0.717) is 17.9 Å².